The quantitative estimate of drug-likeness (QED) is 0.786. The number of amides is 1. The van der Waals surface area contributed by atoms with Crippen molar-refractivity contribution in [2.24, 2.45) is 11.8 Å². The number of nitrogens with one attached hydrogen (secondary N) is 2. The lowest BCUT2D eigenvalue weighted by Crippen LogP contribution is -2.48. The first-order chi connectivity index (χ1) is 13.8. The summed E-state index contributed by atoms with van der Waals surface area (Å²) in [5.74, 6) is -0.301. The second-order valence-electron chi connectivity index (χ2n) is 8.34. The summed E-state index contributed by atoms with van der Waals surface area (Å²) in [4.78, 5) is 26.6. The number of aromatic nitrogens is 1. The number of oxazole rings is 1. The normalized spacial score (nSPS) is 26.4. The Bertz CT molecular complexity index is 1050. The Hall–Kier alpha value is -2.13. The maximum Gasteiger partial charge on any atom is 0.417 e. The number of rotatable bonds is 4. The van der Waals surface area contributed by atoms with Crippen molar-refractivity contribution >= 4 is 27.0 Å². The molecule has 1 amide bonds. The van der Waals surface area contributed by atoms with Crippen LogP contribution in [-0.4, -0.2) is 42.7 Å². The molecule has 2 N–H and O–H groups in total. The number of hydrogen-bond donors (Lipinski definition) is 2. The predicted molar refractivity (Wildman–Crippen MR) is 108 cm³/mol. The van der Waals surface area contributed by atoms with Crippen molar-refractivity contribution in [1.82, 2.24) is 14.6 Å². The summed E-state index contributed by atoms with van der Waals surface area (Å²) in [6, 6.07) is 4.53. The van der Waals surface area contributed by atoms with Crippen LogP contribution in [0.4, 0.5) is 0 Å². The van der Waals surface area contributed by atoms with Crippen LogP contribution in [0.15, 0.2) is 32.3 Å². The van der Waals surface area contributed by atoms with E-state index in [-0.39, 0.29) is 34.9 Å². The number of carbonyl (C=O) groups is 1. The van der Waals surface area contributed by atoms with E-state index in [1.807, 2.05) is 0 Å². The van der Waals surface area contributed by atoms with Gasteiger partial charge in [-0.1, -0.05) is 6.92 Å². The van der Waals surface area contributed by atoms with Crippen molar-refractivity contribution in [2.45, 2.75) is 56.4 Å². The number of aromatic amines is 1. The number of fused-ring (bicyclic) bond motifs is 1. The van der Waals surface area contributed by atoms with Gasteiger partial charge in [0, 0.05) is 25.2 Å². The number of nitrogens with zero attached hydrogens (tertiary/aromatic N) is 1. The zero-order valence-electron chi connectivity index (χ0n) is 16.5. The van der Waals surface area contributed by atoms with Gasteiger partial charge < -0.3 is 9.73 Å². The Kier molecular flexibility index (Phi) is 5.52. The predicted octanol–water partition coefficient (Wildman–Crippen LogP) is 2.22. The van der Waals surface area contributed by atoms with Crippen LogP contribution < -0.4 is 11.1 Å². The molecule has 1 saturated heterocycles. The van der Waals surface area contributed by atoms with Gasteiger partial charge in [0.1, 0.15) is 0 Å². The third-order valence-corrected chi connectivity index (χ3v) is 8.01. The molecule has 2 heterocycles. The van der Waals surface area contributed by atoms with E-state index >= 15 is 0 Å². The summed E-state index contributed by atoms with van der Waals surface area (Å²) in [5.41, 5.74) is 0.653. The van der Waals surface area contributed by atoms with E-state index < -0.39 is 15.8 Å². The van der Waals surface area contributed by atoms with Crippen LogP contribution in [0.1, 0.15) is 45.4 Å². The molecule has 1 saturated carbocycles. The summed E-state index contributed by atoms with van der Waals surface area (Å²) in [6.45, 7) is 2.78. The van der Waals surface area contributed by atoms with Gasteiger partial charge in [-0.05, 0) is 56.6 Å². The second kappa shape index (κ2) is 7.95. The first kappa shape index (κ1) is 20.2. The topological polar surface area (TPSA) is 112 Å². The molecular weight excluding hydrogens is 394 g/mol. The maximum absolute atomic E-state index is 13.1. The van der Waals surface area contributed by atoms with Crippen molar-refractivity contribution in [1.29, 1.82) is 0 Å². The highest BCUT2D eigenvalue weighted by Crippen LogP contribution is 2.27. The fourth-order valence-electron chi connectivity index (χ4n) is 4.33. The minimum atomic E-state index is -3.77. The summed E-state index contributed by atoms with van der Waals surface area (Å²) in [7, 11) is -3.77. The highest BCUT2D eigenvalue weighted by molar-refractivity contribution is 7.89. The van der Waals surface area contributed by atoms with Crippen molar-refractivity contribution < 1.29 is 17.6 Å². The van der Waals surface area contributed by atoms with E-state index in [9.17, 15) is 18.0 Å². The average Bonchev–Trinajstić information content (AvgIpc) is 3.09. The van der Waals surface area contributed by atoms with Crippen LogP contribution in [0.25, 0.3) is 11.1 Å². The van der Waals surface area contributed by atoms with Crippen LogP contribution in [0.3, 0.4) is 0 Å². The largest absolute Gasteiger partial charge is 0.417 e. The lowest BCUT2D eigenvalue weighted by molar-refractivity contribution is -0.127. The molecule has 1 atom stereocenters. The highest BCUT2D eigenvalue weighted by atomic mass is 32.2. The molecule has 0 radical (unpaired) electrons. The minimum absolute atomic E-state index is 0.0449. The Labute approximate surface area is 169 Å². The van der Waals surface area contributed by atoms with Gasteiger partial charge in [-0.3, -0.25) is 9.78 Å². The second-order valence-corrected chi connectivity index (χ2v) is 10.3. The first-order valence-corrected chi connectivity index (χ1v) is 11.7. The van der Waals surface area contributed by atoms with E-state index in [2.05, 4.69) is 17.2 Å². The molecule has 8 nitrogen and oxygen atoms in total. The zero-order chi connectivity index (χ0) is 20.6. The average molecular weight is 422 g/mol. The fourth-order valence-corrected chi connectivity index (χ4v) is 5.87. The Morgan fingerprint density at radius 3 is 2.72 bits per heavy atom. The molecule has 1 aliphatic carbocycles. The van der Waals surface area contributed by atoms with E-state index in [1.54, 1.807) is 0 Å². The number of piperidine rings is 1. The molecule has 1 aromatic heterocycles. The monoisotopic (exact) mass is 421 g/mol. The van der Waals surface area contributed by atoms with Gasteiger partial charge in [0.05, 0.1) is 16.3 Å². The van der Waals surface area contributed by atoms with Crippen LogP contribution in [-0.2, 0) is 14.8 Å². The summed E-state index contributed by atoms with van der Waals surface area (Å²) >= 11 is 0. The van der Waals surface area contributed by atoms with Gasteiger partial charge in [-0.25, -0.2) is 13.2 Å². The number of sulfonamides is 1. The van der Waals surface area contributed by atoms with Gasteiger partial charge >= 0.3 is 5.76 Å². The van der Waals surface area contributed by atoms with Crippen molar-refractivity contribution in [3.05, 3.63) is 28.7 Å². The number of hydrogen-bond acceptors (Lipinski definition) is 5. The molecule has 2 aliphatic rings. The van der Waals surface area contributed by atoms with E-state index in [0.29, 0.717) is 30.8 Å². The van der Waals surface area contributed by atoms with Gasteiger partial charge in [-0.2, -0.15) is 4.31 Å². The van der Waals surface area contributed by atoms with Gasteiger partial charge in [0.15, 0.2) is 5.58 Å². The zero-order valence-corrected chi connectivity index (χ0v) is 17.3. The smallest absolute Gasteiger partial charge is 0.408 e. The van der Waals surface area contributed by atoms with Crippen LogP contribution in [0.5, 0.6) is 0 Å². The minimum Gasteiger partial charge on any atom is -0.408 e. The highest BCUT2D eigenvalue weighted by Gasteiger charge is 2.34. The summed E-state index contributed by atoms with van der Waals surface area (Å²) < 4.78 is 32.5. The lowest BCUT2D eigenvalue weighted by Gasteiger charge is -2.33. The van der Waals surface area contributed by atoms with Crippen LogP contribution in [0, 0.1) is 11.8 Å². The maximum atomic E-state index is 13.1. The van der Waals surface area contributed by atoms with Crippen LogP contribution >= 0.6 is 0 Å². The third-order valence-electron chi connectivity index (χ3n) is 6.15. The Balaban J connectivity index is 1.46. The molecule has 2 aromatic rings. The Morgan fingerprint density at radius 2 is 1.97 bits per heavy atom. The first-order valence-electron chi connectivity index (χ1n) is 10.3. The number of carbonyl (C=O) groups excluding carboxylic acids is 1. The SMILES string of the molecule is CC1CCC(NC(=O)[C@@H]2CCCN(S(=O)(=O)c3ccc4[nH]c(=O)oc4c3)C2)CC1. The van der Waals surface area contributed by atoms with Gasteiger partial charge in [-0.15, -0.1) is 0 Å². The van der Waals surface area contributed by atoms with Crippen molar-refractivity contribution in [2.75, 3.05) is 13.1 Å². The molecule has 2 fully saturated rings. The molecule has 0 bridgehead atoms. The van der Waals surface area contributed by atoms with Gasteiger partial charge in [0.25, 0.3) is 0 Å². The van der Waals surface area contributed by atoms with Gasteiger partial charge in [0.2, 0.25) is 15.9 Å². The van der Waals surface area contributed by atoms with E-state index in [1.165, 1.54) is 22.5 Å². The van der Waals surface area contributed by atoms with E-state index in [4.69, 9.17) is 4.42 Å². The molecule has 0 spiro atoms. The molecule has 1 aromatic carbocycles. The fraction of sp³-hybridized carbons (Fsp3) is 0.600. The summed E-state index contributed by atoms with van der Waals surface area (Å²) in [5, 5.41) is 3.13. The van der Waals surface area contributed by atoms with Crippen molar-refractivity contribution in [3.8, 4) is 0 Å². The lowest BCUT2D eigenvalue weighted by atomic mass is 9.87. The molecule has 29 heavy (non-hydrogen) atoms. The summed E-state index contributed by atoms with van der Waals surface area (Å²) in [6.07, 6.45) is 5.54. The number of benzene rings is 1. The molecule has 9 heteroatoms. The third kappa shape index (κ3) is 4.25. The molecular formula is C20H27N3O5S. The molecule has 158 valence electrons. The van der Waals surface area contributed by atoms with Crippen molar-refractivity contribution in [3.63, 3.8) is 0 Å². The number of H-pyrrole nitrogens is 1. The molecule has 0 unspecified atom stereocenters. The van der Waals surface area contributed by atoms with E-state index in [0.717, 1.165) is 25.7 Å². The Morgan fingerprint density at radius 1 is 1.21 bits per heavy atom. The van der Waals surface area contributed by atoms with Crippen LogP contribution in [0.2, 0.25) is 0 Å². The molecule has 1 aliphatic heterocycles. The standard InChI is InChI=1S/C20H27N3O5S/c1-13-4-6-15(7-5-13)21-19(24)14-3-2-10-23(12-14)29(26,27)16-8-9-17-18(11-16)28-20(25)22-17/h8-9,11,13-15H,2-7,10,12H2,1H3,(H,21,24)(H,22,25)/t13?,14-,15?/m1/s1. The molecule has 4 rings (SSSR count).